The maximum absolute atomic E-state index is 13.4. The van der Waals surface area contributed by atoms with E-state index in [0.717, 1.165) is 22.8 Å². The molecule has 0 saturated carbocycles. The summed E-state index contributed by atoms with van der Waals surface area (Å²) < 4.78 is 33.5. The lowest BCUT2D eigenvalue weighted by Gasteiger charge is -2.12. The summed E-state index contributed by atoms with van der Waals surface area (Å²) in [6.45, 7) is 5.56. The summed E-state index contributed by atoms with van der Waals surface area (Å²) in [5, 5.41) is 9.73. The van der Waals surface area contributed by atoms with Crippen LogP contribution in [0.2, 0.25) is 0 Å². The van der Waals surface area contributed by atoms with Crippen LogP contribution in [0.4, 0.5) is 0 Å². The summed E-state index contributed by atoms with van der Waals surface area (Å²) in [5.41, 5.74) is 2.30. The van der Waals surface area contributed by atoms with Crippen LogP contribution in [0, 0.1) is 32.1 Å². The van der Waals surface area contributed by atoms with E-state index >= 15 is 0 Å². The molecule has 0 aliphatic carbocycles. The highest BCUT2D eigenvalue weighted by Gasteiger charge is 2.23. The second-order valence-corrected chi connectivity index (χ2v) is 9.79. The number of allylic oxidation sites excluding steroid dienone is 1. The average Bonchev–Trinajstić information content (AvgIpc) is 2.81. The smallest absolute Gasteiger partial charge is 0.269 e. The molecule has 7 nitrogen and oxygen atoms in total. The van der Waals surface area contributed by atoms with Gasteiger partial charge in [0, 0.05) is 6.20 Å². The first-order valence-electron chi connectivity index (χ1n) is 10.4. The topological polar surface area (TPSA) is 102 Å². The number of pyridine rings is 1. The van der Waals surface area contributed by atoms with E-state index in [-0.39, 0.29) is 16.3 Å². The fraction of sp³-hybridized carbons (Fsp3) is 0.115. The summed E-state index contributed by atoms with van der Waals surface area (Å²) in [5.74, 6) is 0.333. The summed E-state index contributed by atoms with van der Waals surface area (Å²) in [6, 6.07) is 18.5. The molecule has 0 bridgehead atoms. The van der Waals surface area contributed by atoms with Crippen molar-refractivity contribution in [1.29, 1.82) is 5.26 Å². The van der Waals surface area contributed by atoms with E-state index in [1.807, 2.05) is 26.0 Å². The summed E-state index contributed by atoms with van der Waals surface area (Å²) in [7, 11) is -4.17. The molecular formula is C26H21N3O4S. The fourth-order valence-electron chi connectivity index (χ4n) is 3.36. The van der Waals surface area contributed by atoms with Crippen molar-refractivity contribution in [3.05, 3.63) is 104 Å². The molecule has 0 N–H and O–H groups in total. The van der Waals surface area contributed by atoms with Gasteiger partial charge in [-0.2, -0.15) is 10.2 Å². The van der Waals surface area contributed by atoms with Crippen LogP contribution in [0.1, 0.15) is 22.3 Å². The van der Waals surface area contributed by atoms with Crippen molar-refractivity contribution in [3.63, 3.8) is 0 Å². The first-order valence-corrected chi connectivity index (χ1v) is 11.9. The molecule has 2 heterocycles. The molecule has 4 aromatic rings. The van der Waals surface area contributed by atoms with Crippen LogP contribution in [0.3, 0.4) is 0 Å². The Bertz CT molecular complexity index is 1630. The normalized spacial score (nSPS) is 11.9. The Morgan fingerprint density at radius 1 is 1.00 bits per heavy atom. The van der Waals surface area contributed by atoms with Crippen molar-refractivity contribution in [2.75, 3.05) is 0 Å². The van der Waals surface area contributed by atoms with Gasteiger partial charge in [0.05, 0.1) is 4.90 Å². The van der Waals surface area contributed by atoms with Gasteiger partial charge in [0.15, 0.2) is 0 Å². The van der Waals surface area contributed by atoms with Crippen molar-refractivity contribution >= 4 is 21.6 Å². The molecule has 0 saturated heterocycles. The lowest BCUT2D eigenvalue weighted by atomic mass is 10.2. The SMILES string of the molecule is Cc1ccc(Oc2nc3c(C)cccn3c(=O)c2/C=C(\C#N)S(=O)(=O)c2ccc(C)cc2)cc1. The molecule has 0 fully saturated rings. The van der Waals surface area contributed by atoms with Crippen LogP contribution in [-0.4, -0.2) is 17.8 Å². The second-order valence-electron chi connectivity index (χ2n) is 7.87. The third-order valence-corrected chi connectivity index (χ3v) is 6.97. The lowest BCUT2D eigenvalue weighted by molar-refractivity contribution is 0.460. The van der Waals surface area contributed by atoms with Gasteiger partial charge < -0.3 is 4.74 Å². The van der Waals surface area contributed by atoms with E-state index in [2.05, 4.69) is 4.98 Å². The van der Waals surface area contributed by atoms with Gasteiger partial charge in [-0.25, -0.2) is 8.42 Å². The van der Waals surface area contributed by atoms with Gasteiger partial charge in [-0.05, 0) is 62.7 Å². The Morgan fingerprint density at radius 2 is 1.62 bits per heavy atom. The van der Waals surface area contributed by atoms with Gasteiger partial charge in [0.1, 0.15) is 27.9 Å². The molecule has 0 atom stereocenters. The molecule has 0 radical (unpaired) electrons. The minimum Gasteiger partial charge on any atom is -0.438 e. The van der Waals surface area contributed by atoms with Crippen LogP contribution in [0.25, 0.3) is 11.7 Å². The number of hydrogen-bond donors (Lipinski definition) is 0. The van der Waals surface area contributed by atoms with Gasteiger partial charge in [-0.3, -0.25) is 9.20 Å². The van der Waals surface area contributed by atoms with E-state index in [1.54, 1.807) is 49.4 Å². The second kappa shape index (κ2) is 8.96. The number of aryl methyl sites for hydroxylation is 3. The quantitative estimate of drug-likeness (QED) is 0.389. The molecule has 0 unspecified atom stereocenters. The Kier molecular flexibility index (Phi) is 6.05. The van der Waals surface area contributed by atoms with E-state index in [9.17, 15) is 18.5 Å². The minimum absolute atomic E-state index is 0.0448. The first kappa shape index (κ1) is 23.0. The maximum atomic E-state index is 13.4. The summed E-state index contributed by atoms with van der Waals surface area (Å²) in [4.78, 5) is 17.3. The third-order valence-electron chi connectivity index (χ3n) is 5.29. The lowest BCUT2D eigenvalue weighted by Crippen LogP contribution is -2.20. The Balaban J connectivity index is 1.95. The predicted molar refractivity (Wildman–Crippen MR) is 129 cm³/mol. The van der Waals surface area contributed by atoms with Crippen molar-refractivity contribution in [1.82, 2.24) is 9.38 Å². The number of ether oxygens (including phenoxy) is 1. The molecule has 34 heavy (non-hydrogen) atoms. The Labute approximate surface area is 197 Å². The standard InChI is InChI=1S/C26H21N3O4S/c1-17-6-10-20(11-7-17)33-25-23(26(30)29-14-4-5-19(3)24(29)28-25)15-22(16-27)34(31,32)21-12-8-18(2)9-13-21/h4-15H,1-3H3/b22-15+. The maximum Gasteiger partial charge on any atom is 0.269 e. The molecular weight excluding hydrogens is 450 g/mol. The third kappa shape index (κ3) is 4.34. The number of hydrogen-bond acceptors (Lipinski definition) is 6. The zero-order chi connectivity index (χ0) is 24.5. The summed E-state index contributed by atoms with van der Waals surface area (Å²) >= 11 is 0. The molecule has 4 rings (SSSR count). The molecule has 2 aromatic carbocycles. The van der Waals surface area contributed by atoms with E-state index in [1.165, 1.54) is 22.7 Å². The molecule has 0 amide bonds. The van der Waals surface area contributed by atoms with Crippen LogP contribution >= 0.6 is 0 Å². The number of fused-ring (bicyclic) bond motifs is 1. The van der Waals surface area contributed by atoms with E-state index in [0.29, 0.717) is 11.4 Å². The largest absolute Gasteiger partial charge is 0.438 e. The van der Waals surface area contributed by atoms with Gasteiger partial charge in [-0.15, -0.1) is 0 Å². The van der Waals surface area contributed by atoms with E-state index in [4.69, 9.17) is 4.74 Å². The molecule has 0 aliphatic heterocycles. The van der Waals surface area contributed by atoms with Crippen LogP contribution < -0.4 is 10.3 Å². The van der Waals surface area contributed by atoms with Crippen molar-refractivity contribution in [3.8, 4) is 17.7 Å². The molecule has 170 valence electrons. The molecule has 2 aromatic heterocycles. The number of rotatable bonds is 5. The van der Waals surface area contributed by atoms with Crippen LogP contribution in [0.5, 0.6) is 11.6 Å². The van der Waals surface area contributed by atoms with Gasteiger partial charge in [0.25, 0.3) is 5.56 Å². The highest BCUT2D eigenvalue weighted by Crippen LogP contribution is 2.27. The van der Waals surface area contributed by atoms with Crippen molar-refractivity contribution in [2.24, 2.45) is 0 Å². The average molecular weight is 472 g/mol. The number of benzene rings is 2. The number of nitrogens with zero attached hydrogens (tertiary/aromatic N) is 3. The van der Waals surface area contributed by atoms with Crippen LogP contribution in [0.15, 0.2) is 81.5 Å². The van der Waals surface area contributed by atoms with Crippen LogP contribution in [-0.2, 0) is 9.84 Å². The Morgan fingerprint density at radius 3 is 2.24 bits per heavy atom. The summed E-state index contributed by atoms with van der Waals surface area (Å²) in [6.07, 6.45) is 2.56. The van der Waals surface area contributed by atoms with Gasteiger partial charge in [-0.1, -0.05) is 41.5 Å². The number of aromatic nitrogens is 2. The zero-order valence-electron chi connectivity index (χ0n) is 18.8. The first-order chi connectivity index (χ1) is 16.2. The molecule has 0 aliphatic rings. The van der Waals surface area contributed by atoms with Gasteiger partial charge in [0.2, 0.25) is 15.7 Å². The van der Waals surface area contributed by atoms with Gasteiger partial charge >= 0.3 is 0 Å². The highest BCUT2D eigenvalue weighted by molar-refractivity contribution is 7.95. The highest BCUT2D eigenvalue weighted by atomic mass is 32.2. The monoisotopic (exact) mass is 471 g/mol. The predicted octanol–water partition coefficient (Wildman–Crippen LogP) is 4.75. The molecule has 0 spiro atoms. The number of sulfone groups is 1. The minimum atomic E-state index is -4.17. The number of nitriles is 1. The van der Waals surface area contributed by atoms with E-state index < -0.39 is 20.3 Å². The van der Waals surface area contributed by atoms with Crippen molar-refractivity contribution < 1.29 is 13.2 Å². The fourth-order valence-corrected chi connectivity index (χ4v) is 4.50. The van der Waals surface area contributed by atoms with Crippen molar-refractivity contribution in [2.45, 2.75) is 25.7 Å². The molecule has 8 heteroatoms. The zero-order valence-corrected chi connectivity index (χ0v) is 19.6. The Hall–Kier alpha value is -4.22.